The number of rotatable bonds is 6. The predicted octanol–water partition coefficient (Wildman–Crippen LogP) is 3.86. The maximum Gasteiger partial charge on any atom is 0.460 e. The van der Waals surface area contributed by atoms with E-state index < -0.39 is 51.2 Å². The van der Waals surface area contributed by atoms with Crippen molar-refractivity contribution in [2.45, 2.75) is 41.0 Å². The molecule has 0 bridgehead atoms. The number of alkyl halides is 15. The van der Waals surface area contributed by atoms with Crippen molar-refractivity contribution in [3.63, 3.8) is 0 Å². The number of halogens is 15. The molecule has 0 spiro atoms. The summed E-state index contributed by atoms with van der Waals surface area (Å²) < 4.78 is 216. The lowest BCUT2D eigenvalue weighted by atomic mass is 9.94. The predicted molar refractivity (Wildman–Crippen MR) is 45.4 cm³/mol. The summed E-state index contributed by atoms with van der Waals surface area (Å²) in [6.07, 6.45) is -7.77. The number of hydrogen-bond donors (Lipinski definition) is 0. The Balaban J connectivity index is 6.71. The molecule has 0 saturated carbocycles. The lowest BCUT2D eigenvalue weighted by Crippen LogP contribution is -2.73. The average Bonchev–Trinajstić information content (AvgIpc) is 2.34. The summed E-state index contributed by atoms with van der Waals surface area (Å²) in [5.41, 5.74) is 0. The molecule has 0 fully saturated rings. The van der Waals surface area contributed by atoms with Gasteiger partial charge in [-0.15, -0.1) is 0 Å². The van der Waals surface area contributed by atoms with Crippen LogP contribution in [-0.4, -0.2) is 54.0 Å². The molecule has 0 radical (unpaired) electrons. The zero-order valence-corrected chi connectivity index (χ0v) is 11.6. The maximum atomic E-state index is 12.9. The highest BCUT2D eigenvalue weighted by molar-refractivity contribution is 7.86. The largest absolute Gasteiger partial charge is 0.743 e. The van der Waals surface area contributed by atoms with Crippen molar-refractivity contribution in [3.05, 3.63) is 0 Å². The van der Waals surface area contributed by atoms with Gasteiger partial charge in [0.2, 0.25) is 0 Å². The molecule has 0 aromatic rings. The molecule has 0 aliphatic heterocycles. The summed E-state index contributed by atoms with van der Waals surface area (Å²) in [5, 5.41) is -7.81. The van der Waals surface area contributed by atoms with E-state index in [0.717, 1.165) is 0 Å². The van der Waals surface area contributed by atoms with Crippen molar-refractivity contribution in [2.24, 2.45) is 0 Å². The van der Waals surface area contributed by atoms with Crippen LogP contribution in [-0.2, 0) is 10.1 Å². The molecule has 0 atom stereocenters. The Kier molecular flexibility index (Phi) is 5.43. The molecule has 0 amide bonds. The van der Waals surface area contributed by atoms with E-state index in [-0.39, 0.29) is 0 Å². The second-order valence-electron chi connectivity index (χ2n) is 4.34. The van der Waals surface area contributed by atoms with Gasteiger partial charge in [0.15, 0.2) is 10.1 Å². The van der Waals surface area contributed by atoms with Gasteiger partial charge in [0.1, 0.15) is 0 Å². The molecular weight excluding hydrogens is 449 g/mol. The van der Waals surface area contributed by atoms with E-state index in [2.05, 4.69) is 0 Å². The van der Waals surface area contributed by atoms with Crippen LogP contribution >= 0.6 is 0 Å². The van der Waals surface area contributed by atoms with Gasteiger partial charge in [-0.2, -0.15) is 65.9 Å². The first kappa shape index (κ1) is 24.9. The second kappa shape index (κ2) is 5.68. The van der Waals surface area contributed by atoms with Gasteiger partial charge < -0.3 is 4.55 Å². The van der Waals surface area contributed by atoms with Crippen LogP contribution in [0.1, 0.15) is 0 Å². The van der Waals surface area contributed by atoms with Crippen LogP contribution in [0.5, 0.6) is 0 Å². The normalized spacial score (nSPS) is 16.8. The van der Waals surface area contributed by atoms with E-state index in [9.17, 15) is 78.8 Å². The van der Waals surface area contributed by atoms with Crippen LogP contribution in [0.3, 0.4) is 0 Å². The highest BCUT2D eigenvalue weighted by Crippen LogP contribution is 2.62. The zero-order valence-electron chi connectivity index (χ0n) is 10.8. The average molecular weight is 449 g/mol. The first-order valence-electron chi connectivity index (χ1n) is 5.04. The molecule has 0 aliphatic carbocycles. The summed E-state index contributed by atoms with van der Waals surface area (Å²) in [4.78, 5) is 0. The summed E-state index contributed by atoms with van der Waals surface area (Å²) in [6, 6.07) is 0. The van der Waals surface area contributed by atoms with Crippen LogP contribution in [0.15, 0.2) is 0 Å². The molecule has 3 nitrogen and oxygen atoms in total. The van der Waals surface area contributed by atoms with Crippen LogP contribution in [0.4, 0.5) is 65.9 Å². The number of hydrogen-bond acceptors (Lipinski definition) is 3. The van der Waals surface area contributed by atoms with Gasteiger partial charge in [-0.05, 0) is 0 Å². The molecule has 0 aromatic heterocycles. The molecule has 0 rings (SSSR count). The van der Waals surface area contributed by atoms with Crippen molar-refractivity contribution in [2.75, 3.05) is 0 Å². The van der Waals surface area contributed by atoms with Gasteiger partial charge in [-0.25, -0.2) is 8.42 Å². The van der Waals surface area contributed by atoms with Gasteiger partial charge in [-0.1, -0.05) is 0 Å². The van der Waals surface area contributed by atoms with Crippen molar-refractivity contribution in [1.29, 1.82) is 0 Å². The Morgan fingerprint density at radius 1 is 0.462 bits per heavy atom. The fraction of sp³-hybridized carbons (Fsp3) is 1.00. The zero-order chi connectivity index (χ0) is 22.0. The van der Waals surface area contributed by atoms with Crippen molar-refractivity contribution in [1.82, 2.24) is 0 Å². The fourth-order valence-corrected chi connectivity index (χ4v) is 1.55. The minimum Gasteiger partial charge on any atom is -0.743 e. The quantitative estimate of drug-likeness (QED) is 0.457. The Morgan fingerprint density at radius 3 is 0.923 bits per heavy atom. The third-order valence-electron chi connectivity index (χ3n) is 2.61. The van der Waals surface area contributed by atoms with Crippen LogP contribution in [0.2, 0.25) is 0 Å². The van der Waals surface area contributed by atoms with E-state index in [0.29, 0.717) is 0 Å². The maximum absolute atomic E-state index is 12.9. The minimum atomic E-state index is -8.63. The van der Waals surface area contributed by atoms with Gasteiger partial charge in [0, 0.05) is 0 Å². The molecule has 158 valence electrons. The second-order valence-corrected chi connectivity index (χ2v) is 5.76. The van der Waals surface area contributed by atoms with E-state index in [1.807, 2.05) is 0 Å². The molecule has 19 heteroatoms. The first-order valence-corrected chi connectivity index (χ1v) is 6.45. The molecule has 0 saturated heterocycles. The molecule has 26 heavy (non-hydrogen) atoms. The third kappa shape index (κ3) is 2.85. The monoisotopic (exact) mass is 449 g/mol. The van der Waals surface area contributed by atoms with Crippen LogP contribution < -0.4 is 0 Å². The van der Waals surface area contributed by atoms with Gasteiger partial charge >= 0.3 is 41.0 Å². The Bertz CT molecular complexity index is 645. The molecular formula is C7F15O3S-. The topological polar surface area (TPSA) is 57.2 Å². The molecule has 0 aromatic carbocycles. The SMILES string of the molecule is O=S(=O)([O-])C(F)(F)C(F)(F)C(F)(F)C(F)(F)C(F)(F)C(F)(F)C(F)(F)F. The standard InChI is InChI=1S/C7HF15O3S/c8-1(9,2(10,11)4(14,15)6(18,19)20)3(12,13)5(16,17)7(21,22)26(23,24)25/h(H,23,24,25)/p-1. The first-order chi connectivity index (χ1) is 10.8. The van der Waals surface area contributed by atoms with E-state index in [4.69, 9.17) is 0 Å². The highest BCUT2D eigenvalue weighted by Gasteiger charge is 2.94. The van der Waals surface area contributed by atoms with Crippen molar-refractivity contribution in [3.8, 4) is 0 Å². The lowest BCUT2D eigenvalue weighted by Gasteiger charge is -2.41. The summed E-state index contributed by atoms with van der Waals surface area (Å²) in [7, 11) is -8.01. The fourth-order valence-electron chi connectivity index (χ4n) is 1.11. The highest BCUT2D eigenvalue weighted by atomic mass is 32.2. The van der Waals surface area contributed by atoms with Crippen LogP contribution in [0, 0.1) is 0 Å². The Hall–Kier alpha value is -1.14. The Labute approximate surface area is 131 Å². The third-order valence-corrected chi connectivity index (χ3v) is 3.50. The van der Waals surface area contributed by atoms with Gasteiger partial charge in [-0.3, -0.25) is 0 Å². The van der Waals surface area contributed by atoms with Crippen molar-refractivity contribution >= 4 is 10.1 Å². The smallest absolute Gasteiger partial charge is 0.460 e. The summed E-state index contributed by atoms with van der Waals surface area (Å²) >= 11 is 0. The van der Waals surface area contributed by atoms with Crippen LogP contribution in [0.25, 0.3) is 0 Å². The van der Waals surface area contributed by atoms with E-state index >= 15 is 0 Å². The molecule has 0 heterocycles. The molecule has 0 aliphatic rings. The van der Waals surface area contributed by atoms with E-state index in [1.165, 1.54) is 0 Å². The lowest BCUT2D eigenvalue weighted by molar-refractivity contribution is -0.448. The van der Waals surface area contributed by atoms with Gasteiger partial charge in [0.05, 0.1) is 0 Å². The summed E-state index contributed by atoms with van der Waals surface area (Å²) in [6.45, 7) is 0. The minimum absolute atomic E-state index is 7.77. The molecule has 0 unspecified atom stereocenters. The van der Waals surface area contributed by atoms with Crippen molar-refractivity contribution < 1.29 is 78.8 Å². The van der Waals surface area contributed by atoms with Gasteiger partial charge in [0.25, 0.3) is 0 Å². The van der Waals surface area contributed by atoms with E-state index in [1.54, 1.807) is 0 Å². The Morgan fingerprint density at radius 2 is 0.692 bits per heavy atom. The molecule has 0 N–H and O–H groups in total. The summed E-state index contributed by atoms with van der Waals surface area (Å²) in [5.74, 6) is -42.2.